The second kappa shape index (κ2) is 7.25. The Morgan fingerprint density at radius 3 is 2.83 bits per heavy atom. The minimum atomic E-state index is -4.09. The molecule has 7 heteroatoms. The van der Waals surface area contributed by atoms with E-state index in [4.69, 9.17) is 4.74 Å². The summed E-state index contributed by atoms with van der Waals surface area (Å²) in [4.78, 5) is 4.06. The predicted molar refractivity (Wildman–Crippen MR) is 62.5 cm³/mol. The van der Waals surface area contributed by atoms with Crippen molar-refractivity contribution < 1.29 is 17.9 Å². The third-order valence-electron chi connectivity index (χ3n) is 2.38. The second-order valence-corrected chi connectivity index (χ2v) is 3.94. The second-order valence-electron chi connectivity index (χ2n) is 3.94. The summed E-state index contributed by atoms with van der Waals surface area (Å²) in [5.41, 5.74) is 0. The van der Waals surface area contributed by atoms with E-state index in [1.807, 2.05) is 4.57 Å². The number of nitrogens with one attached hydrogen (secondary N) is 1. The summed E-state index contributed by atoms with van der Waals surface area (Å²) in [5, 5.41) is 2.90. The van der Waals surface area contributed by atoms with Crippen LogP contribution in [0.4, 0.5) is 19.1 Å². The van der Waals surface area contributed by atoms with Crippen LogP contribution in [0.15, 0.2) is 12.4 Å². The van der Waals surface area contributed by atoms with Gasteiger partial charge < -0.3 is 14.6 Å². The van der Waals surface area contributed by atoms with Gasteiger partial charge in [0.15, 0.2) is 0 Å². The van der Waals surface area contributed by atoms with E-state index in [0.717, 1.165) is 13.0 Å². The van der Waals surface area contributed by atoms with Crippen LogP contribution in [-0.2, 0) is 11.3 Å². The van der Waals surface area contributed by atoms with E-state index in [-0.39, 0.29) is 13.0 Å². The number of anilines is 1. The van der Waals surface area contributed by atoms with E-state index < -0.39 is 12.6 Å². The van der Waals surface area contributed by atoms with Crippen molar-refractivity contribution in [2.24, 2.45) is 0 Å². The van der Waals surface area contributed by atoms with Crippen LogP contribution in [0.25, 0.3) is 0 Å². The average Bonchev–Trinajstić information content (AvgIpc) is 2.71. The van der Waals surface area contributed by atoms with Crippen molar-refractivity contribution in [1.82, 2.24) is 9.55 Å². The Morgan fingerprint density at radius 2 is 2.17 bits per heavy atom. The van der Waals surface area contributed by atoms with Gasteiger partial charge in [0.1, 0.15) is 0 Å². The van der Waals surface area contributed by atoms with Crippen molar-refractivity contribution in [2.75, 3.05) is 25.6 Å². The van der Waals surface area contributed by atoms with Gasteiger partial charge in [-0.2, -0.15) is 13.2 Å². The van der Waals surface area contributed by atoms with Crippen LogP contribution in [0, 0.1) is 0 Å². The van der Waals surface area contributed by atoms with E-state index in [0.29, 0.717) is 12.6 Å². The Kier molecular flexibility index (Phi) is 5.97. The maximum absolute atomic E-state index is 11.9. The van der Waals surface area contributed by atoms with Crippen LogP contribution in [0.3, 0.4) is 0 Å². The molecule has 1 N–H and O–H groups in total. The highest BCUT2D eigenvalue weighted by Gasteiger charge is 2.25. The zero-order valence-corrected chi connectivity index (χ0v) is 10.3. The maximum atomic E-state index is 11.9. The monoisotopic (exact) mass is 265 g/mol. The van der Waals surface area contributed by atoms with Crippen molar-refractivity contribution in [3.05, 3.63) is 12.4 Å². The number of nitrogens with zero attached hydrogens (tertiary/aromatic N) is 2. The van der Waals surface area contributed by atoms with Crippen molar-refractivity contribution in [3.63, 3.8) is 0 Å². The molecule has 18 heavy (non-hydrogen) atoms. The number of ether oxygens (including phenoxy) is 1. The van der Waals surface area contributed by atoms with E-state index in [1.54, 1.807) is 19.5 Å². The number of hydrogen-bond donors (Lipinski definition) is 1. The number of hydrogen-bond acceptors (Lipinski definition) is 3. The lowest BCUT2D eigenvalue weighted by molar-refractivity contribution is -0.134. The van der Waals surface area contributed by atoms with Crippen molar-refractivity contribution in [1.29, 1.82) is 0 Å². The van der Waals surface area contributed by atoms with E-state index in [9.17, 15) is 13.2 Å². The summed E-state index contributed by atoms with van der Waals surface area (Å²) >= 11 is 0. The van der Waals surface area contributed by atoms with Crippen LogP contribution < -0.4 is 5.32 Å². The molecule has 0 bridgehead atoms. The number of aryl methyl sites for hydroxylation is 1. The molecular formula is C11H18F3N3O. The molecule has 1 rings (SSSR count). The molecule has 0 saturated heterocycles. The minimum Gasteiger partial charge on any atom is -0.385 e. The zero-order chi connectivity index (χ0) is 13.4. The highest BCUT2D eigenvalue weighted by atomic mass is 19.4. The highest BCUT2D eigenvalue weighted by molar-refractivity contribution is 5.25. The molecule has 0 aliphatic heterocycles. The van der Waals surface area contributed by atoms with Gasteiger partial charge in [-0.05, 0) is 12.8 Å². The Labute approximate surface area is 104 Å². The summed E-state index contributed by atoms with van der Waals surface area (Å²) in [6.45, 7) is 1.64. The molecule has 0 radical (unpaired) electrons. The standard InChI is InChI=1S/C11H18F3N3O/c1-18-9-3-7-17-8-6-16-10(17)15-5-2-4-11(12,13)14/h6,8H,2-5,7,9H2,1H3,(H,15,16). The van der Waals surface area contributed by atoms with Gasteiger partial charge in [-0.25, -0.2) is 4.98 Å². The molecule has 0 amide bonds. The van der Waals surface area contributed by atoms with Crippen LogP contribution in [0.5, 0.6) is 0 Å². The molecule has 0 aromatic carbocycles. The average molecular weight is 265 g/mol. The van der Waals surface area contributed by atoms with Crippen LogP contribution in [0.2, 0.25) is 0 Å². The molecule has 1 aromatic heterocycles. The van der Waals surface area contributed by atoms with Gasteiger partial charge in [-0.1, -0.05) is 0 Å². The van der Waals surface area contributed by atoms with Gasteiger partial charge in [0.05, 0.1) is 0 Å². The molecule has 0 aliphatic rings. The molecular weight excluding hydrogens is 247 g/mol. The summed E-state index contributed by atoms with van der Waals surface area (Å²) < 4.78 is 42.6. The van der Waals surface area contributed by atoms with Gasteiger partial charge in [-0.3, -0.25) is 0 Å². The smallest absolute Gasteiger partial charge is 0.385 e. The lowest BCUT2D eigenvalue weighted by Crippen LogP contribution is -2.13. The highest BCUT2D eigenvalue weighted by Crippen LogP contribution is 2.21. The summed E-state index contributed by atoms with van der Waals surface area (Å²) in [6.07, 6.45) is -0.556. The molecule has 0 aliphatic carbocycles. The Hall–Kier alpha value is -1.24. The number of imidazole rings is 1. The van der Waals surface area contributed by atoms with Crippen LogP contribution >= 0.6 is 0 Å². The predicted octanol–water partition coefficient (Wildman–Crippen LogP) is 2.67. The number of rotatable bonds is 8. The molecule has 1 heterocycles. The maximum Gasteiger partial charge on any atom is 0.389 e. The van der Waals surface area contributed by atoms with Crippen LogP contribution in [0.1, 0.15) is 19.3 Å². The summed E-state index contributed by atoms with van der Waals surface area (Å²) in [7, 11) is 1.63. The summed E-state index contributed by atoms with van der Waals surface area (Å²) in [6, 6.07) is 0. The molecule has 104 valence electrons. The number of methoxy groups -OCH3 is 1. The van der Waals surface area contributed by atoms with Crippen molar-refractivity contribution in [3.8, 4) is 0 Å². The first-order valence-corrected chi connectivity index (χ1v) is 5.83. The van der Waals surface area contributed by atoms with Crippen molar-refractivity contribution >= 4 is 5.95 Å². The molecule has 0 atom stereocenters. The minimum absolute atomic E-state index is 0.0500. The van der Waals surface area contributed by atoms with Gasteiger partial charge in [-0.15, -0.1) is 0 Å². The fourth-order valence-electron chi connectivity index (χ4n) is 1.53. The topological polar surface area (TPSA) is 39.1 Å². The molecule has 0 fully saturated rings. The molecule has 0 unspecified atom stereocenters. The molecule has 1 aromatic rings. The molecule has 0 spiro atoms. The Balaban J connectivity index is 2.27. The van der Waals surface area contributed by atoms with Crippen molar-refractivity contribution in [2.45, 2.75) is 32.0 Å². The lowest BCUT2D eigenvalue weighted by atomic mass is 10.3. The lowest BCUT2D eigenvalue weighted by Gasteiger charge is -2.10. The van der Waals surface area contributed by atoms with Gasteiger partial charge in [0, 0.05) is 45.6 Å². The van der Waals surface area contributed by atoms with Gasteiger partial charge >= 0.3 is 6.18 Å². The number of halogens is 3. The van der Waals surface area contributed by atoms with E-state index in [1.165, 1.54) is 0 Å². The van der Waals surface area contributed by atoms with E-state index >= 15 is 0 Å². The van der Waals surface area contributed by atoms with Gasteiger partial charge in [0.2, 0.25) is 5.95 Å². The normalized spacial score (nSPS) is 11.8. The van der Waals surface area contributed by atoms with Gasteiger partial charge in [0.25, 0.3) is 0 Å². The molecule has 0 saturated carbocycles. The molecule has 4 nitrogen and oxygen atoms in total. The first kappa shape index (κ1) is 14.8. The third-order valence-corrected chi connectivity index (χ3v) is 2.38. The first-order chi connectivity index (χ1) is 8.53. The zero-order valence-electron chi connectivity index (χ0n) is 10.3. The van der Waals surface area contributed by atoms with E-state index in [2.05, 4.69) is 10.3 Å². The number of aromatic nitrogens is 2. The number of alkyl halides is 3. The first-order valence-electron chi connectivity index (χ1n) is 5.83. The quantitative estimate of drug-likeness (QED) is 0.734. The fourth-order valence-corrected chi connectivity index (χ4v) is 1.53. The largest absolute Gasteiger partial charge is 0.389 e. The Bertz CT molecular complexity index is 339. The SMILES string of the molecule is COCCCn1ccnc1NCCCC(F)(F)F. The third kappa shape index (κ3) is 5.90. The fraction of sp³-hybridized carbons (Fsp3) is 0.727. The van der Waals surface area contributed by atoms with Crippen LogP contribution in [-0.4, -0.2) is 36.0 Å². The Morgan fingerprint density at radius 1 is 1.39 bits per heavy atom. The summed E-state index contributed by atoms with van der Waals surface area (Å²) in [5.74, 6) is 0.605.